The van der Waals surface area contributed by atoms with Gasteiger partial charge in [0.25, 0.3) is 0 Å². The molecule has 0 bridgehead atoms. The summed E-state index contributed by atoms with van der Waals surface area (Å²) >= 11 is 0. The number of aliphatic hydroxyl groups is 1. The molecule has 0 fully saturated rings. The SMILES string of the molecule is CN1CON=C1CO. The van der Waals surface area contributed by atoms with Crippen molar-refractivity contribution in [1.82, 2.24) is 4.90 Å². The number of oxime groups is 1. The first kappa shape index (κ1) is 5.37. The molecular formula is C4H8N2O2. The lowest BCUT2D eigenvalue weighted by atomic mass is 10.6. The van der Waals surface area contributed by atoms with Gasteiger partial charge in [-0.3, -0.25) is 0 Å². The molecule has 1 aliphatic heterocycles. The van der Waals surface area contributed by atoms with Crippen molar-refractivity contribution in [3.05, 3.63) is 0 Å². The molecule has 0 unspecified atom stereocenters. The maximum absolute atomic E-state index is 8.48. The molecular weight excluding hydrogens is 108 g/mol. The topological polar surface area (TPSA) is 45.1 Å². The molecule has 4 heteroatoms. The predicted octanol–water partition coefficient (Wildman–Crippen LogP) is -0.788. The van der Waals surface area contributed by atoms with E-state index in [2.05, 4.69) is 9.99 Å². The van der Waals surface area contributed by atoms with Crippen LogP contribution in [0.5, 0.6) is 0 Å². The van der Waals surface area contributed by atoms with Crippen molar-refractivity contribution in [3.63, 3.8) is 0 Å². The summed E-state index contributed by atoms with van der Waals surface area (Å²) in [6.45, 7) is 0.409. The summed E-state index contributed by atoms with van der Waals surface area (Å²) in [5.74, 6) is 0.588. The third-order valence-corrected chi connectivity index (χ3v) is 1.00. The van der Waals surface area contributed by atoms with Gasteiger partial charge in [-0.1, -0.05) is 5.16 Å². The number of nitrogens with zero attached hydrogens (tertiary/aromatic N) is 2. The number of amidine groups is 1. The third-order valence-electron chi connectivity index (χ3n) is 1.00. The normalized spacial score (nSPS) is 18.2. The highest BCUT2D eigenvalue weighted by atomic mass is 16.7. The van der Waals surface area contributed by atoms with Crippen LogP contribution in [0.25, 0.3) is 0 Å². The van der Waals surface area contributed by atoms with Gasteiger partial charge in [-0.2, -0.15) is 0 Å². The number of likely N-dealkylation sites (N-methyl/N-ethyl adjacent to an activating group) is 1. The standard InChI is InChI=1S/C4H8N2O2/c1-6-3-8-5-4(6)2-7/h7H,2-3H2,1H3. The van der Waals surface area contributed by atoms with E-state index >= 15 is 0 Å². The van der Waals surface area contributed by atoms with Crippen LogP contribution in [-0.4, -0.2) is 36.2 Å². The van der Waals surface area contributed by atoms with E-state index in [9.17, 15) is 0 Å². The van der Waals surface area contributed by atoms with E-state index < -0.39 is 0 Å². The average Bonchev–Trinajstić information content (AvgIpc) is 2.14. The third kappa shape index (κ3) is 0.742. The van der Waals surface area contributed by atoms with Crippen LogP contribution in [0.4, 0.5) is 0 Å². The highest BCUT2D eigenvalue weighted by Gasteiger charge is 2.11. The lowest BCUT2D eigenvalue weighted by Gasteiger charge is -2.05. The first-order chi connectivity index (χ1) is 3.84. The second-order valence-electron chi connectivity index (χ2n) is 1.62. The summed E-state index contributed by atoms with van der Waals surface area (Å²) in [7, 11) is 1.81. The molecule has 0 saturated heterocycles. The Morgan fingerprint density at radius 2 is 2.75 bits per heavy atom. The highest BCUT2D eigenvalue weighted by Crippen LogP contribution is 1.97. The zero-order valence-electron chi connectivity index (χ0n) is 4.66. The minimum absolute atomic E-state index is 0.0451. The molecule has 0 radical (unpaired) electrons. The van der Waals surface area contributed by atoms with E-state index in [1.807, 2.05) is 7.05 Å². The molecule has 0 amide bonds. The molecule has 0 atom stereocenters. The van der Waals surface area contributed by atoms with Gasteiger partial charge in [0.15, 0.2) is 12.6 Å². The number of hydrogen-bond donors (Lipinski definition) is 1. The summed E-state index contributed by atoms with van der Waals surface area (Å²) in [5, 5.41) is 12.0. The van der Waals surface area contributed by atoms with Crippen LogP contribution in [0.2, 0.25) is 0 Å². The van der Waals surface area contributed by atoms with E-state index in [1.54, 1.807) is 4.90 Å². The summed E-state index contributed by atoms with van der Waals surface area (Å²) < 4.78 is 0. The van der Waals surface area contributed by atoms with E-state index in [0.717, 1.165) is 0 Å². The van der Waals surface area contributed by atoms with Gasteiger partial charge in [0.2, 0.25) is 0 Å². The summed E-state index contributed by atoms with van der Waals surface area (Å²) in [4.78, 5) is 6.35. The van der Waals surface area contributed by atoms with Crippen LogP contribution in [0.1, 0.15) is 0 Å². The fourth-order valence-electron chi connectivity index (χ4n) is 0.484. The maximum atomic E-state index is 8.48. The summed E-state index contributed by atoms with van der Waals surface area (Å²) in [6.07, 6.45) is 0. The highest BCUT2D eigenvalue weighted by molar-refractivity contribution is 5.83. The van der Waals surface area contributed by atoms with Crippen LogP contribution in [0.3, 0.4) is 0 Å². The quantitative estimate of drug-likeness (QED) is 0.488. The average molecular weight is 116 g/mol. The largest absolute Gasteiger partial charge is 0.388 e. The van der Waals surface area contributed by atoms with Crippen molar-refractivity contribution in [1.29, 1.82) is 0 Å². The summed E-state index contributed by atoms with van der Waals surface area (Å²) in [6, 6.07) is 0. The Hall–Kier alpha value is -0.770. The molecule has 0 aromatic rings. The molecule has 0 aliphatic carbocycles. The second kappa shape index (κ2) is 2.00. The lowest BCUT2D eigenvalue weighted by Crippen LogP contribution is -2.24. The Kier molecular flexibility index (Phi) is 1.34. The van der Waals surface area contributed by atoms with Gasteiger partial charge in [0.1, 0.15) is 6.61 Å². The second-order valence-corrected chi connectivity index (χ2v) is 1.62. The van der Waals surface area contributed by atoms with Gasteiger partial charge in [-0.25, -0.2) is 0 Å². The lowest BCUT2D eigenvalue weighted by molar-refractivity contribution is 0.120. The van der Waals surface area contributed by atoms with Crippen molar-refractivity contribution in [3.8, 4) is 0 Å². The van der Waals surface area contributed by atoms with Gasteiger partial charge in [0.05, 0.1) is 0 Å². The van der Waals surface area contributed by atoms with Gasteiger partial charge >= 0.3 is 0 Å². The van der Waals surface area contributed by atoms with Crippen LogP contribution in [0, 0.1) is 0 Å². The smallest absolute Gasteiger partial charge is 0.190 e. The van der Waals surface area contributed by atoms with E-state index in [4.69, 9.17) is 5.11 Å². The van der Waals surface area contributed by atoms with Crippen molar-refractivity contribution in [2.45, 2.75) is 0 Å². The maximum Gasteiger partial charge on any atom is 0.190 e. The van der Waals surface area contributed by atoms with Crippen LogP contribution < -0.4 is 0 Å². The van der Waals surface area contributed by atoms with Gasteiger partial charge in [-0.15, -0.1) is 0 Å². The molecule has 1 heterocycles. The molecule has 1 aliphatic rings. The zero-order valence-corrected chi connectivity index (χ0v) is 4.66. The first-order valence-corrected chi connectivity index (χ1v) is 2.35. The fourth-order valence-corrected chi connectivity index (χ4v) is 0.484. The Labute approximate surface area is 47.3 Å². The van der Waals surface area contributed by atoms with E-state index in [-0.39, 0.29) is 6.61 Å². The van der Waals surface area contributed by atoms with Gasteiger partial charge in [-0.05, 0) is 0 Å². The van der Waals surface area contributed by atoms with Crippen molar-refractivity contribution >= 4 is 5.84 Å². The molecule has 8 heavy (non-hydrogen) atoms. The van der Waals surface area contributed by atoms with Crippen molar-refractivity contribution in [2.24, 2.45) is 5.16 Å². The van der Waals surface area contributed by atoms with E-state index in [0.29, 0.717) is 12.6 Å². The zero-order chi connectivity index (χ0) is 5.98. The fraction of sp³-hybridized carbons (Fsp3) is 0.750. The molecule has 0 aromatic heterocycles. The van der Waals surface area contributed by atoms with E-state index in [1.165, 1.54) is 0 Å². The summed E-state index contributed by atoms with van der Waals surface area (Å²) in [5.41, 5.74) is 0. The molecule has 0 spiro atoms. The Morgan fingerprint density at radius 1 is 2.00 bits per heavy atom. The van der Waals surface area contributed by atoms with Crippen molar-refractivity contribution in [2.75, 3.05) is 20.4 Å². The Morgan fingerprint density at radius 3 is 3.00 bits per heavy atom. The molecule has 0 saturated carbocycles. The Balaban J connectivity index is 2.49. The van der Waals surface area contributed by atoms with Crippen LogP contribution in [-0.2, 0) is 4.84 Å². The minimum Gasteiger partial charge on any atom is -0.388 e. The van der Waals surface area contributed by atoms with Crippen LogP contribution in [0.15, 0.2) is 5.16 Å². The predicted molar refractivity (Wildman–Crippen MR) is 28.2 cm³/mol. The molecule has 46 valence electrons. The number of hydrogen-bond acceptors (Lipinski definition) is 4. The molecule has 1 rings (SSSR count). The minimum atomic E-state index is -0.0451. The Bertz CT molecular complexity index is 113. The molecule has 1 N–H and O–H groups in total. The molecule has 0 aromatic carbocycles. The van der Waals surface area contributed by atoms with Crippen LogP contribution >= 0.6 is 0 Å². The number of aliphatic hydroxyl groups excluding tert-OH is 1. The molecule has 4 nitrogen and oxygen atoms in total. The van der Waals surface area contributed by atoms with Gasteiger partial charge < -0.3 is 14.8 Å². The monoisotopic (exact) mass is 116 g/mol. The number of rotatable bonds is 1. The first-order valence-electron chi connectivity index (χ1n) is 2.35. The van der Waals surface area contributed by atoms with Crippen molar-refractivity contribution < 1.29 is 9.94 Å². The van der Waals surface area contributed by atoms with Gasteiger partial charge in [0, 0.05) is 7.05 Å².